The summed E-state index contributed by atoms with van der Waals surface area (Å²) in [5, 5.41) is 0. The van der Waals surface area contributed by atoms with Gasteiger partial charge in [0, 0.05) is 12.0 Å². The van der Waals surface area contributed by atoms with Gasteiger partial charge in [-0.1, -0.05) is 17.7 Å². The molecule has 0 bridgehead atoms. The van der Waals surface area contributed by atoms with Gasteiger partial charge in [-0.2, -0.15) is 0 Å². The zero-order valence-corrected chi connectivity index (χ0v) is 10.9. The first-order chi connectivity index (χ1) is 9.02. The molecular formula is C14H15NO4. The number of ether oxygens (including phenoxy) is 1. The van der Waals surface area contributed by atoms with E-state index < -0.39 is 12.0 Å². The minimum Gasteiger partial charge on any atom is -0.467 e. The summed E-state index contributed by atoms with van der Waals surface area (Å²) in [5.74, 6) is -0.997. The Morgan fingerprint density at radius 1 is 1.26 bits per heavy atom. The number of esters is 1. The SMILES string of the molecule is COC(=O)[C@@H]1CC(=O)CN1C(=O)c1ccc(C)cc1. The maximum atomic E-state index is 12.3. The van der Waals surface area contributed by atoms with Crippen molar-refractivity contribution in [3.8, 4) is 0 Å². The number of nitrogens with zero attached hydrogens (tertiary/aromatic N) is 1. The first-order valence-corrected chi connectivity index (χ1v) is 6.00. The van der Waals surface area contributed by atoms with Crippen molar-refractivity contribution >= 4 is 17.7 Å². The van der Waals surface area contributed by atoms with Gasteiger partial charge in [-0.3, -0.25) is 9.59 Å². The van der Waals surface area contributed by atoms with Crippen LogP contribution in [0.2, 0.25) is 0 Å². The van der Waals surface area contributed by atoms with Crippen LogP contribution >= 0.6 is 0 Å². The molecule has 0 spiro atoms. The van der Waals surface area contributed by atoms with Crippen LogP contribution in [-0.4, -0.2) is 42.3 Å². The van der Waals surface area contributed by atoms with Crippen molar-refractivity contribution in [2.45, 2.75) is 19.4 Å². The Labute approximate surface area is 111 Å². The van der Waals surface area contributed by atoms with E-state index in [9.17, 15) is 14.4 Å². The van der Waals surface area contributed by atoms with Crippen molar-refractivity contribution in [1.82, 2.24) is 4.90 Å². The molecule has 1 saturated heterocycles. The summed E-state index contributed by atoms with van der Waals surface area (Å²) in [7, 11) is 1.25. The largest absolute Gasteiger partial charge is 0.467 e. The molecule has 0 N–H and O–H groups in total. The standard InChI is InChI=1S/C14H15NO4/c1-9-3-5-10(6-4-9)13(17)15-8-11(16)7-12(15)14(18)19-2/h3-6,12H,7-8H2,1-2H3/t12-/m0/s1. The lowest BCUT2D eigenvalue weighted by Gasteiger charge is -2.21. The molecule has 1 aliphatic heterocycles. The van der Waals surface area contributed by atoms with Crippen LogP contribution in [0.25, 0.3) is 0 Å². The monoisotopic (exact) mass is 261 g/mol. The second-order valence-electron chi connectivity index (χ2n) is 4.58. The predicted molar refractivity (Wildman–Crippen MR) is 67.6 cm³/mol. The molecule has 0 saturated carbocycles. The smallest absolute Gasteiger partial charge is 0.329 e. The molecule has 1 atom stereocenters. The second-order valence-corrected chi connectivity index (χ2v) is 4.58. The highest BCUT2D eigenvalue weighted by Gasteiger charge is 2.39. The van der Waals surface area contributed by atoms with Crippen LogP contribution in [0.4, 0.5) is 0 Å². The van der Waals surface area contributed by atoms with Crippen LogP contribution in [0.3, 0.4) is 0 Å². The number of likely N-dealkylation sites (tertiary alicyclic amines) is 1. The van der Waals surface area contributed by atoms with Crippen LogP contribution in [-0.2, 0) is 14.3 Å². The van der Waals surface area contributed by atoms with E-state index in [0.717, 1.165) is 5.56 Å². The van der Waals surface area contributed by atoms with Crippen molar-refractivity contribution in [2.75, 3.05) is 13.7 Å². The van der Waals surface area contributed by atoms with E-state index in [1.165, 1.54) is 12.0 Å². The lowest BCUT2D eigenvalue weighted by Crippen LogP contribution is -2.41. The maximum absolute atomic E-state index is 12.3. The molecule has 1 amide bonds. The van der Waals surface area contributed by atoms with Gasteiger partial charge in [0.2, 0.25) is 0 Å². The van der Waals surface area contributed by atoms with Crippen LogP contribution in [0, 0.1) is 6.92 Å². The summed E-state index contributed by atoms with van der Waals surface area (Å²) in [5.41, 5.74) is 1.51. The highest BCUT2D eigenvalue weighted by atomic mass is 16.5. The van der Waals surface area contributed by atoms with Gasteiger partial charge in [-0.15, -0.1) is 0 Å². The number of carbonyl (C=O) groups excluding carboxylic acids is 3. The van der Waals surface area contributed by atoms with E-state index in [1.54, 1.807) is 12.1 Å². The van der Waals surface area contributed by atoms with Gasteiger partial charge in [0.25, 0.3) is 5.91 Å². The van der Waals surface area contributed by atoms with E-state index in [4.69, 9.17) is 0 Å². The molecule has 5 nitrogen and oxygen atoms in total. The first-order valence-electron chi connectivity index (χ1n) is 6.00. The number of hydrogen-bond acceptors (Lipinski definition) is 4. The van der Waals surface area contributed by atoms with E-state index in [2.05, 4.69) is 4.74 Å². The lowest BCUT2D eigenvalue weighted by atomic mass is 10.1. The molecule has 5 heteroatoms. The minimum absolute atomic E-state index is 0.0320. The summed E-state index contributed by atoms with van der Waals surface area (Å²) in [4.78, 5) is 36.6. The van der Waals surface area contributed by atoms with Gasteiger partial charge >= 0.3 is 5.97 Å². The topological polar surface area (TPSA) is 63.7 Å². The number of ketones is 1. The van der Waals surface area contributed by atoms with E-state index in [-0.39, 0.29) is 24.7 Å². The molecule has 1 aromatic carbocycles. The molecule has 2 rings (SSSR count). The average molecular weight is 261 g/mol. The number of methoxy groups -OCH3 is 1. The highest BCUT2D eigenvalue weighted by Crippen LogP contribution is 2.19. The summed E-state index contributed by atoms with van der Waals surface area (Å²) in [6.45, 7) is 1.89. The van der Waals surface area contributed by atoms with Crippen LogP contribution in [0.1, 0.15) is 22.3 Å². The van der Waals surface area contributed by atoms with Gasteiger partial charge in [0.1, 0.15) is 6.04 Å². The molecule has 19 heavy (non-hydrogen) atoms. The Morgan fingerprint density at radius 2 is 1.89 bits per heavy atom. The Morgan fingerprint density at radius 3 is 2.47 bits per heavy atom. The van der Waals surface area contributed by atoms with Crippen LogP contribution < -0.4 is 0 Å². The zero-order valence-electron chi connectivity index (χ0n) is 10.9. The Kier molecular flexibility index (Phi) is 3.64. The highest BCUT2D eigenvalue weighted by molar-refractivity contribution is 6.03. The van der Waals surface area contributed by atoms with E-state index >= 15 is 0 Å². The van der Waals surface area contributed by atoms with Gasteiger partial charge in [-0.25, -0.2) is 4.79 Å². The van der Waals surface area contributed by atoms with Crippen molar-refractivity contribution in [3.63, 3.8) is 0 Å². The molecule has 1 fully saturated rings. The molecule has 1 aliphatic rings. The molecular weight excluding hydrogens is 246 g/mol. The van der Waals surface area contributed by atoms with Gasteiger partial charge < -0.3 is 9.64 Å². The Hall–Kier alpha value is -2.17. The number of benzene rings is 1. The summed E-state index contributed by atoms with van der Waals surface area (Å²) >= 11 is 0. The third-order valence-electron chi connectivity index (χ3n) is 3.18. The third-order valence-corrected chi connectivity index (χ3v) is 3.18. The first kappa shape index (κ1) is 13.3. The summed E-state index contributed by atoms with van der Waals surface area (Å²) in [6.07, 6.45) is 0.0320. The molecule has 100 valence electrons. The summed E-state index contributed by atoms with van der Waals surface area (Å²) in [6, 6.07) is 6.21. The van der Waals surface area contributed by atoms with Gasteiger partial charge in [0.05, 0.1) is 13.7 Å². The number of amides is 1. The normalized spacial score (nSPS) is 18.5. The number of aryl methyl sites for hydroxylation is 1. The molecule has 1 heterocycles. The predicted octanol–water partition coefficient (Wildman–Crippen LogP) is 0.952. The fourth-order valence-electron chi connectivity index (χ4n) is 2.11. The van der Waals surface area contributed by atoms with Crippen molar-refractivity contribution in [1.29, 1.82) is 0 Å². The van der Waals surface area contributed by atoms with Crippen molar-refractivity contribution in [3.05, 3.63) is 35.4 Å². The summed E-state index contributed by atoms with van der Waals surface area (Å²) < 4.78 is 4.63. The van der Waals surface area contributed by atoms with Crippen LogP contribution in [0.15, 0.2) is 24.3 Å². The van der Waals surface area contributed by atoms with E-state index in [1.807, 2.05) is 19.1 Å². The third kappa shape index (κ3) is 2.65. The number of carbonyl (C=O) groups is 3. The molecule has 0 unspecified atom stereocenters. The number of hydrogen-bond donors (Lipinski definition) is 0. The molecule has 1 aromatic rings. The quantitative estimate of drug-likeness (QED) is 0.744. The lowest BCUT2D eigenvalue weighted by molar-refractivity contribution is -0.145. The molecule has 0 aliphatic carbocycles. The van der Waals surface area contributed by atoms with Crippen molar-refractivity contribution in [2.24, 2.45) is 0 Å². The maximum Gasteiger partial charge on any atom is 0.329 e. The van der Waals surface area contributed by atoms with Gasteiger partial charge in [0.15, 0.2) is 5.78 Å². The van der Waals surface area contributed by atoms with Crippen molar-refractivity contribution < 1.29 is 19.1 Å². The minimum atomic E-state index is -0.800. The fourth-order valence-corrected chi connectivity index (χ4v) is 2.11. The second kappa shape index (κ2) is 5.22. The molecule has 0 aromatic heterocycles. The zero-order chi connectivity index (χ0) is 14.0. The Bertz CT molecular complexity index is 521. The average Bonchev–Trinajstić information content (AvgIpc) is 2.80. The van der Waals surface area contributed by atoms with Crippen LogP contribution in [0.5, 0.6) is 0 Å². The van der Waals surface area contributed by atoms with E-state index in [0.29, 0.717) is 5.56 Å². The number of rotatable bonds is 2. The number of Topliss-reactive ketones (excluding diaryl/α,β-unsaturated/α-hetero) is 1. The fraction of sp³-hybridized carbons (Fsp3) is 0.357. The molecule has 0 radical (unpaired) electrons. The Balaban J connectivity index is 2.24. The van der Waals surface area contributed by atoms with Gasteiger partial charge in [-0.05, 0) is 19.1 Å².